The third-order valence-corrected chi connectivity index (χ3v) is 4.93. The van der Waals surface area contributed by atoms with Crippen LogP contribution in [-0.4, -0.2) is 23.9 Å². The van der Waals surface area contributed by atoms with Crippen LogP contribution in [0.2, 0.25) is 0 Å². The van der Waals surface area contributed by atoms with Gasteiger partial charge in [-0.1, -0.05) is 34.8 Å². The van der Waals surface area contributed by atoms with E-state index < -0.39 is 11.9 Å². The highest BCUT2D eigenvalue weighted by Crippen LogP contribution is 2.33. The molecule has 22 heavy (non-hydrogen) atoms. The van der Waals surface area contributed by atoms with E-state index in [0.29, 0.717) is 17.3 Å². The van der Waals surface area contributed by atoms with E-state index in [0.717, 1.165) is 53.9 Å². The number of benzene rings is 1. The lowest BCUT2D eigenvalue weighted by atomic mass is 10.1. The quantitative estimate of drug-likeness (QED) is 0.274. The molecule has 0 atom stereocenters. The van der Waals surface area contributed by atoms with E-state index in [1.807, 2.05) is 19.9 Å². The van der Waals surface area contributed by atoms with Gasteiger partial charge in [-0.2, -0.15) is 13.2 Å². The number of ether oxygens (including phenoxy) is 1. The van der Waals surface area contributed by atoms with Gasteiger partial charge in [-0.15, -0.1) is 11.8 Å². The lowest BCUT2D eigenvalue weighted by molar-refractivity contribution is -0.105. The summed E-state index contributed by atoms with van der Waals surface area (Å²) in [6.07, 6.45) is 0.228. The number of rotatable bonds is 9. The maximum atomic E-state index is 12.3. The SMILES string of the molecule is Cc1cc(C)c(SCC(F)(F)F)cc1OCCCCCCBr. The molecule has 0 fully saturated rings. The summed E-state index contributed by atoms with van der Waals surface area (Å²) in [5.74, 6) is -0.182. The first-order valence-corrected chi connectivity index (χ1v) is 9.44. The fourth-order valence-electron chi connectivity index (χ4n) is 2.02. The predicted octanol–water partition coefficient (Wildman–Crippen LogP) is 6.29. The second-order valence-corrected chi connectivity index (χ2v) is 7.05. The molecule has 0 heterocycles. The van der Waals surface area contributed by atoms with Gasteiger partial charge >= 0.3 is 6.18 Å². The van der Waals surface area contributed by atoms with Crippen LogP contribution in [0, 0.1) is 13.8 Å². The summed E-state index contributed by atoms with van der Waals surface area (Å²) in [6, 6.07) is 3.62. The minimum Gasteiger partial charge on any atom is -0.493 e. The Bertz CT molecular complexity index is 463. The highest BCUT2D eigenvalue weighted by Gasteiger charge is 2.27. The van der Waals surface area contributed by atoms with Crippen LogP contribution >= 0.6 is 27.7 Å². The number of thioether (sulfide) groups is 1. The van der Waals surface area contributed by atoms with Crippen molar-refractivity contribution < 1.29 is 17.9 Å². The first kappa shape index (κ1) is 19.7. The van der Waals surface area contributed by atoms with Crippen LogP contribution in [-0.2, 0) is 0 Å². The molecular formula is C16H22BrF3OS. The summed E-state index contributed by atoms with van der Waals surface area (Å²) in [4.78, 5) is 0.636. The Labute approximate surface area is 143 Å². The van der Waals surface area contributed by atoms with E-state index in [2.05, 4.69) is 15.9 Å². The van der Waals surface area contributed by atoms with Crippen molar-refractivity contribution in [2.24, 2.45) is 0 Å². The van der Waals surface area contributed by atoms with Crippen molar-refractivity contribution in [3.05, 3.63) is 23.3 Å². The minimum atomic E-state index is -4.15. The number of hydrogen-bond donors (Lipinski definition) is 0. The van der Waals surface area contributed by atoms with Gasteiger partial charge in [0.25, 0.3) is 0 Å². The van der Waals surface area contributed by atoms with Gasteiger partial charge in [-0.05, 0) is 43.9 Å². The Morgan fingerprint density at radius 1 is 1.05 bits per heavy atom. The number of alkyl halides is 4. The van der Waals surface area contributed by atoms with Crippen molar-refractivity contribution in [1.29, 1.82) is 0 Å². The van der Waals surface area contributed by atoms with Crippen LogP contribution in [0.25, 0.3) is 0 Å². The zero-order chi connectivity index (χ0) is 16.6. The summed E-state index contributed by atoms with van der Waals surface area (Å²) in [5, 5.41) is 1.02. The molecule has 1 aromatic carbocycles. The molecule has 0 amide bonds. The monoisotopic (exact) mass is 398 g/mol. The Morgan fingerprint density at radius 2 is 1.73 bits per heavy atom. The Morgan fingerprint density at radius 3 is 2.36 bits per heavy atom. The molecular weight excluding hydrogens is 377 g/mol. The van der Waals surface area contributed by atoms with E-state index in [9.17, 15) is 13.2 Å². The first-order valence-electron chi connectivity index (χ1n) is 7.33. The molecule has 0 saturated carbocycles. The van der Waals surface area contributed by atoms with Crippen molar-refractivity contribution >= 4 is 27.7 Å². The second-order valence-electron chi connectivity index (χ2n) is 5.24. The van der Waals surface area contributed by atoms with Crippen molar-refractivity contribution in [2.75, 3.05) is 17.7 Å². The van der Waals surface area contributed by atoms with Gasteiger partial charge in [0.1, 0.15) is 5.75 Å². The Hall–Kier alpha value is -0.360. The second kappa shape index (κ2) is 9.71. The highest BCUT2D eigenvalue weighted by atomic mass is 79.9. The highest BCUT2D eigenvalue weighted by molar-refractivity contribution is 9.09. The van der Waals surface area contributed by atoms with Gasteiger partial charge in [0.15, 0.2) is 0 Å². The molecule has 1 nitrogen and oxygen atoms in total. The number of hydrogen-bond acceptors (Lipinski definition) is 2. The topological polar surface area (TPSA) is 9.23 Å². The van der Waals surface area contributed by atoms with E-state index in [-0.39, 0.29) is 0 Å². The molecule has 0 spiro atoms. The van der Waals surface area contributed by atoms with Crippen molar-refractivity contribution in [2.45, 2.75) is 50.6 Å². The molecule has 1 aromatic rings. The van der Waals surface area contributed by atoms with E-state index in [1.54, 1.807) is 6.07 Å². The number of unbranched alkanes of at least 4 members (excludes halogenated alkanes) is 3. The molecule has 6 heteroatoms. The van der Waals surface area contributed by atoms with Gasteiger partial charge in [-0.25, -0.2) is 0 Å². The molecule has 126 valence electrons. The Balaban J connectivity index is 2.55. The number of aryl methyl sites for hydroxylation is 2. The first-order chi connectivity index (χ1) is 10.3. The van der Waals surface area contributed by atoms with Crippen molar-refractivity contribution in [3.63, 3.8) is 0 Å². The largest absolute Gasteiger partial charge is 0.493 e. The maximum Gasteiger partial charge on any atom is 0.398 e. The molecule has 0 N–H and O–H groups in total. The Kier molecular flexibility index (Phi) is 8.69. The molecule has 0 saturated heterocycles. The van der Waals surface area contributed by atoms with Crippen molar-refractivity contribution in [3.8, 4) is 5.75 Å². The lowest BCUT2D eigenvalue weighted by Crippen LogP contribution is -2.10. The third kappa shape index (κ3) is 7.77. The lowest BCUT2D eigenvalue weighted by Gasteiger charge is -2.14. The average Bonchev–Trinajstić information content (AvgIpc) is 2.42. The smallest absolute Gasteiger partial charge is 0.398 e. The molecule has 0 aromatic heterocycles. The standard InChI is InChI=1S/C16H22BrF3OS/c1-12-9-13(2)15(22-11-16(18,19)20)10-14(12)21-8-6-4-3-5-7-17/h9-10H,3-8,11H2,1-2H3. The molecule has 0 aliphatic heterocycles. The van der Waals surface area contributed by atoms with Crippen LogP contribution in [0.15, 0.2) is 17.0 Å². The maximum absolute atomic E-state index is 12.3. The molecule has 0 aliphatic rings. The van der Waals surface area contributed by atoms with Crippen LogP contribution in [0.4, 0.5) is 13.2 Å². The van der Waals surface area contributed by atoms with E-state index >= 15 is 0 Å². The zero-order valence-electron chi connectivity index (χ0n) is 12.9. The molecule has 0 bridgehead atoms. The van der Waals surface area contributed by atoms with Gasteiger partial charge in [0.05, 0.1) is 12.4 Å². The van der Waals surface area contributed by atoms with Crippen LogP contribution in [0.1, 0.15) is 36.8 Å². The van der Waals surface area contributed by atoms with Crippen LogP contribution in [0.3, 0.4) is 0 Å². The normalized spacial score (nSPS) is 11.7. The summed E-state index contributed by atoms with van der Waals surface area (Å²) < 4.78 is 42.8. The van der Waals surface area contributed by atoms with Crippen LogP contribution in [0.5, 0.6) is 5.75 Å². The molecule has 0 aliphatic carbocycles. The molecule has 1 rings (SSSR count). The molecule has 0 radical (unpaired) electrons. The summed E-state index contributed by atoms with van der Waals surface area (Å²) in [6.45, 7) is 4.36. The summed E-state index contributed by atoms with van der Waals surface area (Å²) >= 11 is 4.21. The summed E-state index contributed by atoms with van der Waals surface area (Å²) in [7, 11) is 0. The summed E-state index contributed by atoms with van der Waals surface area (Å²) in [5.41, 5.74) is 1.82. The van der Waals surface area contributed by atoms with Gasteiger partial charge < -0.3 is 4.74 Å². The predicted molar refractivity (Wildman–Crippen MR) is 90.5 cm³/mol. The fourth-order valence-corrected chi connectivity index (χ4v) is 3.21. The fraction of sp³-hybridized carbons (Fsp3) is 0.625. The molecule has 0 unspecified atom stereocenters. The van der Waals surface area contributed by atoms with Gasteiger partial charge in [0, 0.05) is 10.2 Å². The zero-order valence-corrected chi connectivity index (χ0v) is 15.3. The third-order valence-electron chi connectivity index (χ3n) is 3.15. The van der Waals surface area contributed by atoms with Gasteiger partial charge in [0.2, 0.25) is 0 Å². The number of halogens is 4. The van der Waals surface area contributed by atoms with E-state index in [4.69, 9.17) is 4.74 Å². The van der Waals surface area contributed by atoms with E-state index in [1.165, 1.54) is 0 Å². The average molecular weight is 399 g/mol. The van der Waals surface area contributed by atoms with Crippen molar-refractivity contribution in [1.82, 2.24) is 0 Å². The van der Waals surface area contributed by atoms with Crippen LogP contribution < -0.4 is 4.74 Å². The minimum absolute atomic E-state index is 0.607. The van der Waals surface area contributed by atoms with Gasteiger partial charge in [-0.3, -0.25) is 0 Å².